The zero-order chi connectivity index (χ0) is 8.04. The van der Waals surface area contributed by atoms with E-state index in [0.717, 1.165) is 11.0 Å². The molecule has 0 saturated heterocycles. The van der Waals surface area contributed by atoms with E-state index in [1.54, 1.807) is 0 Å². The molecular formula is C9H20BrN. The standard InChI is InChI=1S/C9H20N.BrH/c1-5-7-9-10(3,4)8-6-2;/h6H,2,5,7-9H2,1,3-4H3;1H/q+1;/p-1. The minimum absolute atomic E-state index is 0. The van der Waals surface area contributed by atoms with Crippen LogP contribution < -0.4 is 17.0 Å². The summed E-state index contributed by atoms with van der Waals surface area (Å²) in [5, 5.41) is 0. The van der Waals surface area contributed by atoms with Gasteiger partial charge in [-0.15, -0.1) is 0 Å². The molecular weight excluding hydrogens is 202 g/mol. The highest BCUT2D eigenvalue weighted by molar-refractivity contribution is 4.64. The number of nitrogens with zero attached hydrogens (tertiary/aromatic N) is 1. The van der Waals surface area contributed by atoms with Crippen LogP contribution >= 0.6 is 0 Å². The summed E-state index contributed by atoms with van der Waals surface area (Å²) in [5.41, 5.74) is 0. The van der Waals surface area contributed by atoms with E-state index in [4.69, 9.17) is 0 Å². The van der Waals surface area contributed by atoms with Crippen LogP contribution in [-0.2, 0) is 0 Å². The fourth-order valence-corrected chi connectivity index (χ4v) is 1.03. The van der Waals surface area contributed by atoms with E-state index < -0.39 is 0 Å². The number of hydrogen-bond acceptors (Lipinski definition) is 0. The van der Waals surface area contributed by atoms with Crippen LogP contribution in [0.1, 0.15) is 19.8 Å². The van der Waals surface area contributed by atoms with Crippen molar-refractivity contribution < 1.29 is 21.5 Å². The van der Waals surface area contributed by atoms with Gasteiger partial charge in [0.25, 0.3) is 0 Å². The molecule has 0 aromatic heterocycles. The molecule has 0 heterocycles. The molecule has 0 aromatic rings. The summed E-state index contributed by atoms with van der Waals surface area (Å²) in [5.74, 6) is 0. The molecule has 0 saturated carbocycles. The van der Waals surface area contributed by atoms with Crippen LogP contribution in [0, 0.1) is 0 Å². The SMILES string of the molecule is C=CC[N+](C)(C)CCCC.[Br-]. The van der Waals surface area contributed by atoms with Crippen LogP contribution in [0.2, 0.25) is 0 Å². The van der Waals surface area contributed by atoms with Crippen LogP contribution in [0.3, 0.4) is 0 Å². The van der Waals surface area contributed by atoms with E-state index in [1.165, 1.54) is 19.4 Å². The lowest BCUT2D eigenvalue weighted by Crippen LogP contribution is -3.00. The van der Waals surface area contributed by atoms with Gasteiger partial charge in [0.2, 0.25) is 0 Å². The maximum atomic E-state index is 3.74. The molecule has 0 aliphatic carbocycles. The highest BCUT2D eigenvalue weighted by atomic mass is 79.9. The fourth-order valence-electron chi connectivity index (χ4n) is 1.03. The molecule has 0 bridgehead atoms. The van der Waals surface area contributed by atoms with Crippen molar-refractivity contribution in [2.75, 3.05) is 27.2 Å². The molecule has 11 heavy (non-hydrogen) atoms. The molecule has 0 aliphatic heterocycles. The Labute approximate surface area is 81.5 Å². The van der Waals surface area contributed by atoms with E-state index in [-0.39, 0.29) is 17.0 Å². The van der Waals surface area contributed by atoms with E-state index in [9.17, 15) is 0 Å². The van der Waals surface area contributed by atoms with Gasteiger partial charge in [0.15, 0.2) is 0 Å². The first kappa shape index (κ1) is 13.7. The second kappa shape index (κ2) is 6.86. The molecule has 0 aliphatic rings. The maximum Gasteiger partial charge on any atom is 0.0966 e. The van der Waals surface area contributed by atoms with Crippen molar-refractivity contribution in [1.82, 2.24) is 0 Å². The lowest BCUT2D eigenvalue weighted by molar-refractivity contribution is -0.884. The Morgan fingerprint density at radius 1 is 1.36 bits per heavy atom. The number of hydrogen-bond donors (Lipinski definition) is 0. The molecule has 0 spiro atoms. The molecule has 0 aromatic carbocycles. The average molecular weight is 222 g/mol. The van der Waals surface area contributed by atoms with Crippen molar-refractivity contribution in [3.63, 3.8) is 0 Å². The van der Waals surface area contributed by atoms with Gasteiger partial charge < -0.3 is 21.5 Å². The van der Waals surface area contributed by atoms with Gasteiger partial charge in [0.05, 0.1) is 27.2 Å². The smallest absolute Gasteiger partial charge is 0.0966 e. The predicted octanol–water partition coefficient (Wildman–Crippen LogP) is -0.947. The Balaban J connectivity index is 0. The van der Waals surface area contributed by atoms with Crippen molar-refractivity contribution in [3.8, 4) is 0 Å². The highest BCUT2D eigenvalue weighted by Gasteiger charge is 2.09. The molecule has 0 rings (SSSR count). The van der Waals surface area contributed by atoms with Gasteiger partial charge in [-0.05, 0) is 12.5 Å². The van der Waals surface area contributed by atoms with Crippen LogP contribution in [0.4, 0.5) is 0 Å². The number of halogens is 1. The molecule has 0 unspecified atom stereocenters. The molecule has 0 N–H and O–H groups in total. The third-order valence-electron chi connectivity index (χ3n) is 1.74. The second-order valence-electron chi connectivity index (χ2n) is 3.48. The van der Waals surface area contributed by atoms with Gasteiger partial charge >= 0.3 is 0 Å². The van der Waals surface area contributed by atoms with Crippen molar-refractivity contribution in [2.24, 2.45) is 0 Å². The Morgan fingerprint density at radius 2 is 1.91 bits per heavy atom. The Bertz CT molecular complexity index is 99.7. The summed E-state index contributed by atoms with van der Waals surface area (Å²) in [6.07, 6.45) is 4.61. The van der Waals surface area contributed by atoms with Crippen LogP contribution in [-0.4, -0.2) is 31.7 Å². The normalized spacial score (nSPS) is 10.5. The van der Waals surface area contributed by atoms with Gasteiger partial charge in [-0.2, -0.15) is 0 Å². The maximum absolute atomic E-state index is 3.74. The van der Waals surface area contributed by atoms with Crippen molar-refractivity contribution >= 4 is 0 Å². The molecule has 2 heteroatoms. The molecule has 0 amide bonds. The molecule has 1 nitrogen and oxygen atoms in total. The van der Waals surface area contributed by atoms with E-state index in [1.807, 2.05) is 6.08 Å². The summed E-state index contributed by atoms with van der Waals surface area (Å²) in [6, 6.07) is 0. The van der Waals surface area contributed by atoms with Gasteiger partial charge in [-0.1, -0.05) is 19.9 Å². The number of likely N-dealkylation sites (N-methyl/N-ethyl adjacent to an activating group) is 1. The van der Waals surface area contributed by atoms with Crippen molar-refractivity contribution in [3.05, 3.63) is 12.7 Å². The Morgan fingerprint density at radius 3 is 2.27 bits per heavy atom. The van der Waals surface area contributed by atoms with E-state index in [0.29, 0.717) is 0 Å². The van der Waals surface area contributed by atoms with Gasteiger partial charge in [0.1, 0.15) is 0 Å². The zero-order valence-corrected chi connectivity index (χ0v) is 9.52. The monoisotopic (exact) mass is 221 g/mol. The third kappa shape index (κ3) is 8.08. The Kier molecular flexibility index (Phi) is 8.58. The van der Waals surface area contributed by atoms with Gasteiger partial charge in [0, 0.05) is 0 Å². The van der Waals surface area contributed by atoms with Crippen molar-refractivity contribution in [2.45, 2.75) is 19.8 Å². The average Bonchev–Trinajstić information content (AvgIpc) is 1.84. The quantitative estimate of drug-likeness (QED) is 0.416. The van der Waals surface area contributed by atoms with Gasteiger partial charge in [-0.3, -0.25) is 0 Å². The lowest BCUT2D eigenvalue weighted by Gasteiger charge is -2.28. The first-order chi connectivity index (χ1) is 4.62. The summed E-state index contributed by atoms with van der Waals surface area (Å²) in [4.78, 5) is 0. The number of quaternary nitrogens is 1. The third-order valence-corrected chi connectivity index (χ3v) is 1.74. The summed E-state index contributed by atoms with van der Waals surface area (Å²) in [6.45, 7) is 8.32. The predicted molar refractivity (Wildman–Crippen MR) is 46.9 cm³/mol. The highest BCUT2D eigenvalue weighted by Crippen LogP contribution is 2.00. The number of unbranched alkanes of at least 4 members (excludes halogenated alkanes) is 1. The zero-order valence-electron chi connectivity index (χ0n) is 7.94. The first-order valence-electron chi connectivity index (χ1n) is 4.05. The molecule has 0 fully saturated rings. The van der Waals surface area contributed by atoms with Crippen molar-refractivity contribution in [1.29, 1.82) is 0 Å². The van der Waals surface area contributed by atoms with E-state index >= 15 is 0 Å². The minimum atomic E-state index is 0. The molecule has 68 valence electrons. The fraction of sp³-hybridized carbons (Fsp3) is 0.778. The Hall–Kier alpha value is 0.180. The summed E-state index contributed by atoms with van der Waals surface area (Å²) < 4.78 is 1.08. The lowest BCUT2D eigenvalue weighted by atomic mass is 10.3. The van der Waals surface area contributed by atoms with Gasteiger partial charge in [-0.25, -0.2) is 0 Å². The molecule has 0 radical (unpaired) electrons. The summed E-state index contributed by atoms with van der Waals surface area (Å²) >= 11 is 0. The topological polar surface area (TPSA) is 0 Å². The molecule has 0 atom stereocenters. The van der Waals surface area contributed by atoms with Crippen LogP contribution in [0.15, 0.2) is 12.7 Å². The van der Waals surface area contributed by atoms with Crippen LogP contribution in [0.25, 0.3) is 0 Å². The largest absolute Gasteiger partial charge is 1.00 e. The minimum Gasteiger partial charge on any atom is -1.00 e. The second-order valence-corrected chi connectivity index (χ2v) is 3.48. The van der Waals surface area contributed by atoms with E-state index in [2.05, 4.69) is 27.6 Å². The van der Waals surface area contributed by atoms with Crippen LogP contribution in [0.5, 0.6) is 0 Å². The summed E-state index contributed by atoms with van der Waals surface area (Å²) in [7, 11) is 4.49. The first-order valence-corrected chi connectivity index (χ1v) is 4.05. The number of rotatable bonds is 5.